The van der Waals surface area contributed by atoms with Gasteiger partial charge in [0.25, 0.3) is 0 Å². The van der Waals surface area contributed by atoms with Gasteiger partial charge in [0.05, 0.1) is 6.04 Å². The zero-order valence-electron chi connectivity index (χ0n) is 12.5. The lowest BCUT2D eigenvalue weighted by molar-refractivity contribution is -0.138. The first-order valence-electron chi connectivity index (χ1n) is 8.09. The van der Waals surface area contributed by atoms with Gasteiger partial charge in [-0.05, 0) is 49.5 Å². The number of piperidine rings is 3. The van der Waals surface area contributed by atoms with Crippen molar-refractivity contribution >= 4 is 5.91 Å². The maximum absolute atomic E-state index is 13.2. The van der Waals surface area contributed by atoms with Crippen LogP contribution in [0.15, 0.2) is 24.3 Å². The number of nitrogens with zero attached hydrogens (tertiary/aromatic N) is 2. The predicted octanol–water partition coefficient (Wildman–Crippen LogP) is 1.21. The highest BCUT2D eigenvalue weighted by Crippen LogP contribution is 2.46. The molecule has 5 rings (SSSR count). The first kappa shape index (κ1) is 14.2. The molecule has 2 bridgehead atoms. The molecule has 4 nitrogen and oxygen atoms in total. The van der Waals surface area contributed by atoms with Crippen molar-refractivity contribution in [3.63, 3.8) is 0 Å². The van der Waals surface area contributed by atoms with Gasteiger partial charge in [-0.2, -0.15) is 0 Å². The normalized spacial score (nSPS) is 36.5. The number of hydrogen-bond donors (Lipinski definition) is 1. The molecule has 1 N–H and O–H groups in total. The molecule has 0 saturated carbocycles. The van der Waals surface area contributed by atoms with Gasteiger partial charge in [-0.15, -0.1) is 0 Å². The van der Waals surface area contributed by atoms with Gasteiger partial charge in [-0.3, -0.25) is 9.69 Å². The van der Waals surface area contributed by atoms with Crippen LogP contribution in [0.25, 0.3) is 0 Å². The van der Waals surface area contributed by atoms with Gasteiger partial charge in [0.1, 0.15) is 12.4 Å². The fourth-order valence-electron chi connectivity index (χ4n) is 4.80. The molecule has 0 spiro atoms. The van der Waals surface area contributed by atoms with Crippen LogP contribution >= 0.6 is 0 Å². The van der Waals surface area contributed by atoms with Gasteiger partial charge >= 0.3 is 0 Å². The molecule has 4 fully saturated rings. The number of hydrogen-bond acceptors (Lipinski definition) is 3. The molecule has 5 heteroatoms. The van der Waals surface area contributed by atoms with Gasteiger partial charge in [0.15, 0.2) is 0 Å². The number of amides is 1. The maximum atomic E-state index is 13.2. The molecule has 118 valence electrons. The Morgan fingerprint density at radius 3 is 2.50 bits per heavy atom. The van der Waals surface area contributed by atoms with Crippen molar-refractivity contribution < 1.29 is 14.3 Å². The predicted molar refractivity (Wildman–Crippen MR) is 79.8 cm³/mol. The van der Waals surface area contributed by atoms with Crippen LogP contribution in [0.4, 0.5) is 4.39 Å². The molecule has 4 heterocycles. The van der Waals surface area contributed by atoms with Gasteiger partial charge in [0, 0.05) is 18.5 Å². The third kappa shape index (κ3) is 2.07. The minimum absolute atomic E-state index is 0.173. The SMILES string of the molecule is O=C(CO)N1C[C@H](c2ccc(F)cc2)[C@H]2[C@@H]1C1CCN2CC1. The quantitative estimate of drug-likeness (QED) is 0.893. The van der Waals surface area contributed by atoms with Crippen molar-refractivity contribution in [2.24, 2.45) is 5.92 Å². The van der Waals surface area contributed by atoms with Gasteiger partial charge in [-0.25, -0.2) is 4.39 Å². The summed E-state index contributed by atoms with van der Waals surface area (Å²) < 4.78 is 13.2. The van der Waals surface area contributed by atoms with Crippen LogP contribution in [0.3, 0.4) is 0 Å². The average molecular weight is 304 g/mol. The fraction of sp³-hybridized carbons (Fsp3) is 0.588. The Morgan fingerprint density at radius 1 is 1.18 bits per heavy atom. The number of benzene rings is 1. The molecular weight excluding hydrogens is 283 g/mol. The Balaban J connectivity index is 1.70. The van der Waals surface area contributed by atoms with Crippen molar-refractivity contribution in [2.45, 2.75) is 30.8 Å². The summed E-state index contributed by atoms with van der Waals surface area (Å²) in [5.41, 5.74) is 1.09. The van der Waals surface area contributed by atoms with Crippen LogP contribution in [-0.2, 0) is 4.79 Å². The minimum atomic E-state index is -0.425. The van der Waals surface area contributed by atoms with E-state index >= 15 is 0 Å². The lowest BCUT2D eigenvalue weighted by atomic mass is 9.75. The van der Waals surface area contributed by atoms with E-state index in [9.17, 15) is 14.3 Å². The number of carbonyl (C=O) groups excluding carboxylic acids is 1. The number of fused-ring (bicyclic) bond motifs is 2. The minimum Gasteiger partial charge on any atom is -0.387 e. The Kier molecular flexibility index (Phi) is 3.42. The number of aliphatic hydroxyl groups excluding tert-OH is 1. The number of carbonyl (C=O) groups is 1. The average Bonchev–Trinajstić information content (AvgIpc) is 2.99. The number of likely N-dealkylation sites (tertiary alicyclic amines) is 1. The third-order valence-electron chi connectivity index (χ3n) is 5.75. The Bertz CT molecular complexity index is 569. The summed E-state index contributed by atoms with van der Waals surface area (Å²) in [5, 5.41) is 9.29. The van der Waals surface area contributed by atoms with Crippen LogP contribution < -0.4 is 0 Å². The molecule has 3 atom stereocenters. The molecular formula is C17H21FN2O2. The third-order valence-corrected chi connectivity index (χ3v) is 5.75. The molecule has 1 amide bonds. The summed E-state index contributed by atoms with van der Waals surface area (Å²) in [6.07, 6.45) is 2.26. The van der Waals surface area contributed by atoms with E-state index in [0.717, 1.165) is 31.5 Å². The summed E-state index contributed by atoms with van der Waals surface area (Å²) in [6, 6.07) is 7.20. The summed E-state index contributed by atoms with van der Waals surface area (Å²) in [7, 11) is 0. The zero-order valence-corrected chi connectivity index (χ0v) is 12.5. The molecule has 1 aromatic rings. The fourth-order valence-corrected chi connectivity index (χ4v) is 4.80. The van der Waals surface area contributed by atoms with E-state index in [2.05, 4.69) is 4.90 Å². The van der Waals surface area contributed by atoms with E-state index in [0.29, 0.717) is 18.5 Å². The Labute approximate surface area is 129 Å². The van der Waals surface area contributed by atoms with Gasteiger partial charge in [-0.1, -0.05) is 12.1 Å². The molecule has 22 heavy (non-hydrogen) atoms. The number of aliphatic hydroxyl groups is 1. The molecule has 0 unspecified atom stereocenters. The van der Waals surface area contributed by atoms with E-state index in [4.69, 9.17) is 0 Å². The van der Waals surface area contributed by atoms with E-state index in [1.54, 1.807) is 0 Å². The highest BCUT2D eigenvalue weighted by atomic mass is 19.1. The van der Waals surface area contributed by atoms with E-state index in [1.807, 2.05) is 17.0 Å². The zero-order chi connectivity index (χ0) is 15.3. The summed E-state index contributed by atoms with van der Waals surface area (Å²) in [4.78, 5) is 16.5. The van der Waals surface area contributed by atoms with Crippen molar-refractivity contribution in [3.05, 3.63) is 35.6 Å². The van der Waals surface area contributed by atoms with Gasteiger partial charge < -0.3 is 10.0 Å². The van der Waals surface area contributed by atoms with Crippen LogP contribution in [-0.4, -0.2) is 59.1 Å². The van der Waals surface area contributed by atoms with Crippen molar-refractivity contribution in [1.82, 2.24) is 9.80 Å². The van der Waals surface area contributed by atoms with Crippen LogP contribution in [0.2, 0.25) is 0 Å². The van der Waals surface area contributed by atoms with Crippen molar-refractivity contribution in [1.29, 1.82) is 0 Å². The van der Waals surface area contributed by atoms with Gasteiger partial charge in [0.2, 0.25) is 5.91 Å². The molecule has 0 radical (unpaired) electrons. The van der Waals surface area contributed by atoms with Crippen molar-refractivity contribution in [3.8, 4) is 0 Å². The smallest absolute Gasteiger partial charge is 0.248 e. The highest BCUT2D eigenvalue weighted by Gasteiger charge is 2.54. The molecule has 4 aliphatic heterocycles. The van der Waals surface area contributed by atoms with E-state index < -0.39 is 6.61 Å². The largest absolute Gasteiger partial charge is 0.387 e. The molecule has 0 aromatic heterocycles. The maximum Gasteiger partial charge on any atom is 0.248 e. The van der Waals surface area contributed by atoms with Crippen LogP contribution in [0.1, 0.15) is 24.3 Å². The monoisotopic (exact) mass is 304 g/mol. The lowest BCUT2D eigenvalue weighted by Gasteiger charge is -2.51. The highest BCUT2D eigenvalue weighted by molar-refractivity contribution is 5.78. The van der Waals surface area contributed by atoms with Crippen LogP contribution in [0, 0.1) is 11.7 Å². The van der Waals surface area contributed by atoms with Crippen molar-refractivity contribution in [2.75, 3.05) is 26.2 Å². The van der Waals surface area contributed by atoms with E-state index in [-0.39, 0.29) is 23.7 Å². The first-order valence-corrected chi connectivity index (χ1v) is 8.09. The lowest BCUT2D eigenvalue weighted by Crippen LogP contribution is -2.61. The summed E-state index contributed by atoms with van der Waals surface area (Å²) in [6.45, 7) is 2.38. The van der Waals surface area contributed by atoms with E-state index in [1.165, 1.54) is 12.1 Å². The second-order valence-electron chi connectivity index (χ2n) is 6.72. The molecule has 4 aliphatic rings. The summed E-state index contributed by atoms with van der Waals surface area (Å²) >= 11 is 0. The Hall–Kier alpha value is -1.46. The Morgan fingerprint density at radius 2 is 1.86 bits per heavy atom. The second-order valence-corrected chi connectivity index (χ2v) is 6.72. The standard InChI is InChI=1S/C17H21FN2O2/c18-13-3-1-11(2-4-13)14-9-20(15(22)10-21)16-12-5-7-19(8-6-12)17(14)16/h1-4,12,14,16-17,21H,5-10H2/t14-,16+,17+/m1/s1. The molecule has 0 aliphatic carbocycles. The number of rotatable bonds is 2. The second kappa shape index (κ2) is 5.32. The number of halogens is 1. The topological polar surface area (TPSA) is 43.8 Å². The van der Waals surface area contributed by atoms with Crippen LogP contribution in [0.5, 0.6) is 0 Å². The molecule has 1 aromatic carbocycles. The molecule has 4 saturated heterocycles. The summed E-state index contributed by atoms with van der Waals surface area (Å²) in [5.74, 6) is 0.348. The first-order chi connectivity index (χ1) is 10.7.